The monoisotopic (exact) mass is 231 g/mol. The fourth-order valence-electron chi connectivity index (χ4n) is 1.13. The molecule has 0 aliphatic heterocycles. The number of aromatic nitrogens is 2. The van der Waals surface area contributed by atoms with Crippen molar-refractivity contribution >= 4 is 10.0 Å². The van der Waals surface area contributed by atoms with Crippen LogP contribution in [0.5, 0.6) is 0 Å². The molecule has 0 saturated carbocycles. The summed E-state index contributed by atoms with van der Waals surface area (Å²) in [4.78, 5) is 8.56. The molecule has 0 radical (unpaired) electrons. The molecule has 0 aliphatic carbocycles. The van der Waals surface area contributed by atoms with Crippen molar-refractivity contribution in [3.8, 4) is 0 Å². The summed E-state index contributed by atoms with van der Waals surface area (Å²) in [5, 5.41) is 0. The Kier molecular flexibility index (Phi) is 3.41. The summed E-state index contributed by atoms with van der Waals surface area (Å²) in [6, 6.07) is 0. The third kappa shape index (κ3) is 3.56. The summed E-state index contributed by atoms with van der Waals surface area (Å²) in [6.45, 7) is 5.74. The van der Waals surface area contributed by atoms with Crippen molar-refractivity contribution < 1.29 is 9.84 Å². The van der Waals surface area contributed by atoms with Gasteiger partial charge in [0, 0.05) is 1.43 Å². The van der Waals surface area contributed by atoms with Crippen LogP contribution in [0.15, 0.2) is 0 Å². The fourth-order valence-corrected chi connectivity index (χ4v) is 1.53. The molecule has 0 fully saturated rings. The number of nitrogens with zero attached hydrogens (tertiary/aromatic N) is 2. The molecule has 0 aromatic carbocycles. The second-order valence-electron chi connectivity index (χ2n) is 3.52. The summed E-state index contributed by atoms with van der Waals surface area (Å²) in [7, 11) is -3.18. The first-order valence-corrected chi connectivity index (χ1v) is 6.44. The van der Waals surface area contributed by atoms with Gasteiger partial charge in [-0.05, 0) is 20.8 Å². The van der Waals surface area contributed by atoms with Crippen molar-refractivity contribution in [2.75, 3.05) is 6.26 Å². The minimum atomic E-state index is -3.18. The Labute approximate surface area is 91.5 Å². The van der Waals surface area contributed by atoms with Gasteiger partial charge in [-0.1, -0.05) is 0 Å². The van der Waals surface area contributed by atoms with E-state index in [9.17, 15) is 8.42 Å². The van der Waals surface area contributed by atoms with E-state index in [2.05, 4.69) is 14.7 Å². The van der Waals surface area contributed by atoms with Crippen LogP contribution in [-0.2, 0) is 16.6 Å². The van der Waals surface area contributed by atoms with Gasteiger partial charge >= 0.3 is 0 Å². The van der Waals surface area contributed by atoms with Crippen LogP contribution in [0.25, 0.3) is 0 Å². The largest absolute Gasteiger partial charge is 0.255 e. The Hall–Kier alpha value is -1.01. The molecule has 6 heteroatoms. The third-order valence-electron chi connectivity index (χ3n) is 2.08. The zero-order chi connectivity index (χ0) is 11.6. The number of rotatable bonds is 3. The van der Waals surface area contributed by atoms with Gasteiger partial charge in [0.15, 0.2) is 0 Å². The van der Waals surface area contributed by atoms with E-state index >= 15 is 0 Å². The molecule has 1 aromatic rings. The van der Waals surface area contributed by atoms with Gasteiger partial charge < -0.3 is 0 Å². The van der Waals surface area contributed by atoms with Gasteiger partial charge in [0.1, 0.15) is 0 Å². The standard InChI is InChI=1S/C9H15N3O2S.H2/c1-6-7(2)12-9(8(3)11-6)5-10-15(4,13)14;/h10H,5H2,1-4H3;1H. The highest BCUT2D eigenvalue weighted by Gasteiger charge is 2.07. The highest BCUT2D eigenvalue weighted by Crippen LogP contribution is 2.06. The van der Waals surface area contributed by atoms with Crippen molar-refractivity contribution in [1.29, 1.82) is 0 Å². The van der Waals surface area contributed by atoms with Crippen LogP contribution in [0.4, 0.5) is 0 Å². The molecule has 1 heterocycles. The molecule has 1 N–H and O–H groups in total. The molecule has 1 rings (SSSR count). The van der Waals surface area contributed by atoms with Crippen LogP contribution in [0.2, 0.25) is 0 Å². The normalized spacial score (nSPS) is 11.7. The van der Waals surface area contributed by atoms with Gasteiger partial charge in [-0.25, -0.2) is 13.1 Å². The highest BCUT2D eigenvalue weighted by atomic mass is 32.2. The minimum Gasteiger partial charge on any atom is -0.255 e. The number of nitrogens with one attached hydrogen (secondary N) is 1. The minimum absolute atomic E-state index is 0. The van der Waals surface area contributed by atoms with Gasteiger partial charge in [0.2, 0.25) is 10.0 Å². The zero-order valence-corrected chi connectivity index (χ0v) is 10.1. The topological polar surface area (TPSA) is 72.0 Å². The van der Waals surface area contributed by atoms with Crippen molar-refractivity contribution in [3.63, 3.8) is 0 Å². The van der Waals surface area contributed by atoms with Gasteiger partial charge in [0.25, 0.3) is 0 Å². The molecule has 0 unspecified atom stereocenters. The Morgan fingerprint density at radius 3 is 2.20 bits per heavy atom. The van der Waals surface area contributed by atoms with Crippen LogP contribution >= 0.6 is 0 Å². The lowest BCUT2D eigenvalue weighted by Crippen LogP contribution is -2.23. The molecular weight excluding hydrogens is 214 g/mol. The maximum atomic E-state index is 10.9. The first kappa shape index (κ1) is 12.1. The fraction of sp³-hybridized carbons (Fsp3) is 0.556. The highest BCUT2D eigenvalue weighted by molar-refractivity contribution is 7.88. The molecule has 0 spiro atoms. The lowest BCUT2D eigenvalue weighted by atomic mass is 10.2. The summed E-state index contributed by atoms with van der Waals surface area (Å²) < 4.78 is 24.2. The molecule has 0 aliphatic rings. The van der Waals surface area contributed by atoms with Gasteiger partial charge in [-0.2, -0.15) is 0 Å². The molecule has 0 atom stereocenters. The molecule has 1 aromatic heterocycles. The van der Waals surface area contributed by atoms with E-state index in [-0.39, 0.29) is 7.97 Å². The predicted molar refractivity (Wildman–Crippen MR) is 60.0 cm³/mol. The summed E-state index contributed by atoms with van der Waals surface area (Å²) >= 11 is 0. The second kappa shape index (κ2) is 4.24. The number of aryl methyl sites for hydroxylation is 3. The van der Waals surface area contributed by atoms with E-state index < -0.39 is 10.0 Å². The lowest BCUT2D eigenvalue weighted by Gasteiger charge is -2.07. The quantitative estimate of drug-likeness (QED) is 0.831. The lowest BCUT2D eigenvalue weighted by molar-refractivity contribution is 0.586. The predicted octanol–water partition coefficient (Wildman–Crippen LogP) is 0.697. The van der Waals surface area contributed by atoms with Crippen LogP contribution in [0.1, 0.15) is 24.2 Å². The molecule has 0 saturated heterocycles. The van der Waals surface area contributed by atoms with Crippen LogP contribution in [0, 0.1) is 20.8 Å². The average Bonchev–Trinajstić information content (AvgIpc) is 2.07. The van der Waals surface area contributed by atoms with Gasteiger partial charge in [0.05, 0.1) is 35.6 Å². The van der Waals surface area contributed by atoms with E-state index in [0.29, 0.717) is 5.69 Å². The van der Waals surface area contributed by atoms with Crippen molar-refractivity contribution in [3.05, 3.63) is 22.8 Å². The van der Waals surface area contributed by atoms with Crippen molar-refractivity contribution in [1.82, 2.24) is 14.7 Å². The Bertz CT molecular complexity index is 474. The molecule has 5 nitrogen and oxygen atoms in total. The summed E-state index contributed by atoms with van der Waals surface area (Å²) in [5.41, 5.74) is 3.12. The maximum absolute atomic E-state index is 10.9. The van der Waals surface area contributed by atoms with Crippen LogP contribution in [-0.4, -0.2) is 24.6 Å². The smallest absolute Gasteiger partial charge is 0.209 e. The zero-order valence-electron chi connectivity index (χ0n) is 9.33. The Balaban J connectivity index is 0.00000225. The second-order valence-corrected chi connectivity index (χ2v) is 5.35. The third-order valence-corrected chi connectivity index (χ3v) is 2.75. The van der Waals surface area contributed by atoms with Crippen molar-refractivity contribution in [2.24, 2.45) is 0 Å². The Morgan fingerprint density at radius 2 is 1.67 bits per heavy atom. The number of hydrogen-bond donors (Lipinski definition) is 1. The van der Waals surface area contributed by atoms with Gasteiger partial charge in [-0.3, -0.25) is 9.97 Å². The SMILES string of the molecule is Cc1nc(C)c(CNS(C)(=O)=O)nc1C.[HH]. The van der Waals surface area contributed by atoms with Gasteiger partial charge in [-0.15, -0.1) is 0 Å². The van der Waals surface area contributed by atoms with Crippen molar-refractivity contribution in [2.45, 2.75) is 27.3 Å². The van der Waals surface area contributed by atoms with E-state index in [1.54, 1.807) is 0 Å². The molecule has 86 valence electrons. The molecular formula is C9H17N3O2S. The molecule has 15 heavy (non-hydrogen) atoms. The number of hydrogen-bond acceptors (Lipinski definition) is 4. The van der Waals surface area contributed by atoms with Crippen LogP contribution in [0.3, 0.4) is 0 Å². The average molecular weight is 231 g/mol. The summed E-state index contributed by atoms with van der Waals surface area (Å²) in [6.07, 6.45) is 1.12. The number of sulfonamides is 1. The molecule has 0 bridgehead atoms. The van der Waals surface area contributed by atoms with Crippen LogP contribution < -0.4 is 4.72 Å². The summed E-state index contributed by atoms with van der Waals surface area (Å²) in [5.74, 6) is 0. The first-order chi connectivity index (χ1) is 6.79. The Morgan fingerprint density at radius 1 is 1.13 bits per heavy atom. The van der Waals surface area contributed by atoms with E-state index in [4.69, 9.17) is 0 Å². The van der Waals surface area contributed by atoms with E-state index in [1.807, 2.05) is 20.8 Å². The molecule has 0 amide bonds. The maximum Gasteiger partial charge on any atom is 0.209 e. The van der Waals surface area contributed by atoms with E-state index in [1.165, 1.54) is 0 Å². The first-order valence-electron chi connectivity index (χ1n) is 4.55. The van der Waals surface area contributed by atoms with E-state index in [0.717, 1.165) is 23.3 Å².